The van der Waals surface area contributed by atoms with E-state index in [4.69, 9.17) is 4.42 Å². The average Bonchev–Trinajstić information content (AvgIpc) is 3.25. The Morgan fingerprint density at radius 3 is 2.38 bits per heavy atom. The molecule has 0 aliphatic rings. The van der Waals surface area contributed by atoms with Crippen LogP contribution in [0.5, 0.6) is 5.75 Å². The quantitative estimate of drug-likeness (QED) is 0.337. The van der Waals surface area contributed by atoms with Crippen LogP contribution >= 0.6 is 11.1 Å². The van der Waals surface area contributed by atoms with E-state index < -0.39 is 26.9 Å². The van der Waals surface area contributed by atoms with Crippen molar-refractivity contribution in [3.8, 4) is 5.75 Å². The lowest BCUT2D eigenvalue weighted by atomic mass is 9.85. The highest BCUT2D eigenvalue weighted by atomic mass is 32.2. The fourth-order valence-electron chi connectivity index (χ4n) is 3.06. The van der Waals surface area contributed by atoms with Gasteiger partial charge in [-0.15, -0.1) is 0 Å². The van der Waals surface area contributed by atoms with Crippen molar-refractivity contribution in [2.45, 2.75) is 38.6 Å². The molecule has 174 valence electrons. The summed E-state index contributed by atoms with van der Waals surface area (Å²) in [5.74, 6) is 1.27. The maximum absolute atomic E-state index is 12.5. The Hall–Kier alpha value is -2.67. The molecule has 2 heterocycles. The predicted octanol–water partition coefficient (Wildman–Crippen LogP) is 4.00. The number of furan rings is 1. The smallest absolute Gasteiger partial charge is 0.246 e. The first-order valence-corrected chi connectivity index (χ1v) is 12.2. The minimum Gasteiger partial charge on any atom is -0.546 e. The van der Waals surface area contributed by atoms with Crippen LogP contribution in [-0.2, 0) is 10.0 Å². The molecule has 3 rings (SSSR count). The van der Waals surface area contributed by atoms with Crippen LogP contribution in [-0.4, -0.2) is 45.2 Å². The molecule has 1 unspecified atom stereocenters. The van der Waals surface area contributed by atoms with Gasteiger partial charge in [-0.05, 0) is 36.6 Å². The lowest BCUT2D eigenvalue weighted by Crippen LogP contribution is -2.26. The normalized spacial score (nSPS) is 13.9. The Bertz CT molecular complexity index is 1210. The summed E-state index contributed by atoms with van der Waals surface area (Å²) in [5, 5.41) is 16.7. The zero-order chi connectivity index (χ0) is 23.8. The maximum atomic E-state index is 12.5. The molecule has 10 nitrogen and oxygen atoms in total. The Morgan fingerprint density at radius 1 is 1.16 bits per heavy atom. The predicted molar refractivity (Wildman–Crippen MR) is 122 cm³/mol. The lowest BCUT2D eigenvalue weighted by molar-refractivity contribution is 0.300. The van der Waals surface area contributed by atoms with Gasteiger partial charge in [0.05, 0.1) is 11.7 Å². The molecule has 32 heavy (non-hydrogen) atoms. The second-order valence-electron chi connectivity index (χ2n) is 8.57. The first kappa shape index (κ1) is 24.0. The van der Waals surface area contributed by atoms with Gasteiger partial charge in [0.2, 0.25) is 21.7 Å². The van der Waals surface area contributed by atoms with Crippen LogP contribution < -0.4 is 10.6 Å². The minimum absolute atomic E-state index is 0.0845. The summed E-state index contributed by atoms with van der Waals surface area (Å²) in [5.41, 5.74) is -0.217. The van der Waals surface area contributed by atoms with Gasteiger partial charge in [-0.2, -0.15) is 0 Å². The fourth-order valence-corrected chi connectivity index (χ4v) is 4.68. The molecule has 0 fully saturated rings. The summed E-state index contributed by atoms with van der Waals surface area (Å²) >= 11 is -1.88. The van der Waals surface area contributed by atoms with Crippen molar-refractivity contribution >= 4 is 38.5 Å². The van der Waals surface area contributed by atoms with Gasteiger partial charge >= 0.3 is 0 Å². The molecule has 2 aromatic heterocycles. The third kappa shape index (κ3) is 4.88. The highest BCUT2D eigenvalue weighted by Crippen LogP contribution is 2.40. The van der Waals surface area contributed by atoms with E-state index >= 15 is 0 Å². The molecule has 0 saturated carbocycles. The summed E-state index contributed by atoms with van der Waals surface area (Å²) in [6.07, 6.45) is 0. The zero-order valence-electron chi connectivity index (χ0n) is 18.7. The van der Waals surface area contributed by atoms with Crippen molar-refractivity contribution < 1.29 is 22.5 Å². The van der Waals surface area contributed by atoms with Crippen LogP contribution in [0.3, 0.4) is 0 Å². The van der Waals surface area contributed by atoms with Crippen molar-refractivity contribution in [2.75, 3.05) is 24.7 Å². The second-order valence-corrected chi connectivity index (χ2v) is 11.5. The SMILES string of the molecule is Cc1ccc([C@H](Nc2n[s+]([O-])nc2Nc2cccc(S(=O)(=O)N(C)C)c2O)C(C)(C)C)o1. The lowest BCUT2D eigenvalue weighted by Gasteiger charge is -2.29. The molecule has 12 heteroatoms. The van der Waals surface area contributed by atoms with Crippen LogP contribution in [0.25, 0.3) is 0 Å². The number of phenolic OH excluding ortho intramolecular Hbond substituents is 1. The van der Waals surface area contributed by atoms with Gasteiger partial charge in [0.15, 0.2) is 16.9 Å². The van der Waals surface area contributed by atoms with E-state index in [0.717, 1.165) is 10.1 Å². The average molecular weight is 482 g/mol. The summed E-state index contributed by atoms with van der Waals surface area (Å²) < 4.78 is 51.9. The Kier molecular flexibility index (Phi) is 6.52. The summed E-state index contributed by atoms with van der Waals surface area (Å²) in [4.78, 5) is -0.266. The molecule has 1 aromatic carbocycles. The van der Waals surface area contributed by atoms with Crippen LogP contribution in [0.2, 0.25) is 0 Å². The molecular weight excluding hydrogens is 454 g/mol. The van der Waals surface area contributed by atoms with Crippen molar-refractivity contribution in [1.29, 1.82) is 0 Å². The number of sulfonamides is 1. The Balaban J connectivity index is 1.98. The molecule has 0 spiro atoms. The largest absolute Gasteiger partial charge is 0.546 e. The topological polar surface area (TPSA) is 144 Å². The number of nitrogens with zero attached hydrogens (tertiary/aromatic N) is 3. The van der Waals surface area contributed by atoms with Gasteiger partial charge in [-0.25, -0.2) is 12.7 Å². The number of hydrogen-bond acceptors (Lipinski definition) is 9. The van der Waals surface area contributed by atoms with Gasteiger partial charge in [0.1, 0.15) is 16.4 Å². The minimum atomic E-state index is -3.87. The number of aromatic hydroxyl groups is 1. The van der Waals surface area contributed by atoms with Crippen molar-refractivity contribution in [3.05, 3.63) is 41.9 Å². The van der Waals surface area contributed by atoms with E-state index in [-0.39, 0.29) is 33.7 Å². The monoisotopic (exact) mass is 481 g/mol. The number of rotatable bonds is 7. The molecule has 0 radical (unpaired) electrons. The number of nitrogens with one attached hydrogen (secondary N) is 2. The zero-order valence-corrected chi connectivity index (χ0v) is 20.3. The van der Waals surface area contributed by atoms with Gasteiger partial charge in [0.25, 0.3) is 0 Å². The second kappa shape index (κ2) is 8.70. The highest BCUT2D eigenvalue weighted by molar-refractivity contribution is 7.89. The number of aryl methyl sites for hydroxylation is 1. The first-order valence-electron chi connectivity index (χ1n) is 9.75. The first-order chi connectivity index (χ1) is 14.8. The summed E-state index contributed by atoms with van der Waals surface area (Å²) in [7, 11) is -1.13. The van der Waals surface area contributed by atoms with Crippen LogP contribution in [0.1, 0.15) is 38.3 Å². The Labute approximate surface area is 190 Å². The van der Waals surface area contributed by atoms with Gasteiger partial charge in [-0.1, -0.05) is 26.8 Å². The third-order valence-corrected chi connectivity index (χ3v) is 7.29. The van der Waals surface area contributed by atoms with Gasteiger partial charge < -0.3 is 24.7 Å². The third-order valence-electron chi connectivity index (χ3n) is 4.77. The van der Waals surface area contributed by atoms with E-state index in [0.29, 0.717) is 5.76 Å². The van der Waals surface area contributed by atoms with E-state index in [9.17, 15) is 18.1 Å². The number of phenols is 1. The van der Waals surface area contributed by atoms with Crippen LogP contribution in [0, 0.1) is 12.3 Å². The number of benzene rings is 1. The van der Waals surface area contributed by atoms with Gasteiger partial charge in [0, 0.05) is 22.8 Å². The number of aromatic nitrogens is 2. The van der Waals surface area contributed by atoms with Gasteiger partial charge in [-0.3, -0.25) is 0 Å². The summed E-state index contributed by atoms with van der Waals surface area (Å²) in [6.45, 7) is 7.89. The molecule has 0 bridgehead atoms. The fraction of sp³-hybridized carbons (Fsp3) is 0.400. The molecular formula is C20H27N5O5S2. The highest BCUT2D eigenvalue weighted by Gasteiger charge is 2.32. The van der Waals surface area contributed by atoms with Crippen LogP contribution in [0.4, 0.5) is 17.3 Å². The number of para-hydroxylation sites is 1. The molecule has 0 aliphatic heterocycles. The Morgan fingerprint density at radius 2 is 1.81 bits per heavy atom. The summed E-state index contributed by atoms with van der Waals surface area (Å²) in [6, 6.07) is 7.66. The van der Waals surface area contributed by atoms with Crippen molar-refractivity contribution in [3.63, 3.8) is 0 Å². The van der Waals surface area contributed by atoms with E-state index in [1.54, 1.807) is 0 Å². The number of hydrogen-bond donors (Lipinski definition) is 3. The van der Waals surface area contributed by atoms with Crippen LogP contribution in [0.15, 0.2) is 39.6 Å². The van der Waals surface area contributed by atoms with Crippen molar-refractivity contribution in [2.24, 2.45) is 5.41 Å². The van der Waals surface area contributed by atoms with E-state index in [2.05, 4.69) is 19.4 Å². The molecule has 0 aliphatic carbocycles. The van der Waals surface area contributed by atoms with Crippen molar-refractivity contribution in [1.82, 2.24) is 13.1 Å². The molecule has 3 N–H and O–H groups in total. The molecule has 3 aromatic rings. The van der Waals surface area contributed by atoms with E-state index in [1.165, 1.54) is 32.3 Å². The molecule has 2 atom stereocenters. The van der Waals surface area contributed by atoms with E-state index in [1.807, 2.05) is 39.8 Å². The molecule has 0 saturated heterocycles. The standard InChI is InChI=1S/C20H27N5O5S2/c1-12-10-11-14(30-12)17(20(2,3)4)22-19-18(23-31(27)24-19)21-13-8-7-9-15(16(13)26)32(28,29)25(5)6/h7-11,17,26H,1-6H3,(H,21,23)(H,22,24)/t17-,31?/m0/s1. The maximum Gasteiger partial charge on any atom is 0.246 e. The number of anilines is 3. The molecule has 0 amide bonds.